The standard InChI is InChI=1S/C21H29N3O3S/c25-12-14-1-6-18-17(11-14)19-20(22-13-23-21(19)28-18)27-16-4-2-15(3-5-16)24-7-9-26-10-8-24/h13-16,25H,1-12H2/t14-,15?,16?/m0/s1. The van der Waals surface area contributed by atoms with E-state index in [1.54, 1.807) is 17.7 Å². The fraction of sp³-hybridized carbons (Fsp3) is 0.714. The van der Waals surface area contributed by atoms with E-state index in [1.165, 1.54) is 23.3 Å². The number of aliphatic hydroxyl groups excluding tert-OH is 1. The summed E-state index contributed by atoms with van der Waals surface area (Å²) in [6, 6.07) is 0.674. The van der Waals surface area contributed by atoms with E-state index in [1.807, 2.05) is 0 Å². The van der Waals surface area contributed by atoms with Gasteiger partial charge in [-0.15, -0.1) is 11.3 Å². The molecule has 2 aromatic heterocycles. The average molecular weight is 404 g/mol. The number of thiophene rings is 1. The second kappa shape index (κ2) is 8.22. The predicted molar refractivity (Wildman–Crippen MR) is 109 cm³/mol. The molecule has 7 heteroatoms. The summed E-state index contributed by atoms with van der Waals surface area (Å²) in [5, 5.41) is 10.7. The fourth-order valence-electron chi connectivity index (χ4n) is 5.03. The SMILES string of the molecule is OC[C@H]1CCc2sc3ncnc(OC4CCC(N5CCOCC5)CC4)c3c2C1. The lowest BCUT2D eigenvalue weighted by Gasteiger charge is -2.38. The topological polar surface area (TPSA) is 67.7 Å². The zero-order chi connectivity index (χ0) is 18.9. The number of hydrogen-bond acceptors (Lipinski definition) is 7. The largest absolute Gasteiger partial charge is 0.474 e. The van der Waals surface area contributed by atoms with E-state index >= 15 is 0 Å². The molecule has 5 rings (SSSR count). The molecule has 2 aromatic rings. The van der Waals surface area contributed by atoms with E-state index in [9.17, 15) is 5.11 Å². The van der Waals surface area contributed by atoms with Crippen molar-refractivity contribution in [2.75, 3.05) is 32.9 Å². The van der Waals surface area contributed by atoms with Gasteiger partial charge >= 0.3 is 0 Å². The number of morpholine rings is 1. The molecule has 0 bridgehead atoms. The van der Waals surface area contributed by atoms with Crippen LogP contribution in [0, 0.1) is 5.92 Å². The van der Waals surface area contributed by atoms with E-state index in [-0.39, 0.29) is 12.7 Å². The van der Waals surface area contributed by atoms with Crippen molar-refractivity contribution in [1.29, 1.82) is 0 Å². The number of nitrogens with zero attached hydrogens (tertiary/aromatic N) is 3. The van der Waals surface area contributed by atoms with Crippen LogP contribution in [0.25, 0.3) is 10.2 Å². The molecule has 1 atom stereocenters. The van der Waals surface area contributed by atoms with Gasteiger partial charge in [0.1, 0.15) is 17.3 Å². The third kappa shape index (κ3) is 3.65. The Morgan fingerprint density at radius 3 is 2.75 bits per heavy atom. The molecule has 0 aromatic carbocycles. The molecule has 1 aliphatic heterocycles. The second-order valence-corrected chi connectivity index (χ2v) is 9.43. The van der Waals surface area contributed by atoms with Crippen LogP contribution < -0.4 is 4.74 Å². The van der Waals surface area contributed by atoms with Crippen molar-refractivity contribution in [1.82, 2.24) is 14.9 Å². The maximum absolute atomic E-state index is 9.62. The van der Waals surface area contributed by atoms with Gasteiger partial charge in [-0.25, -0.2) is 9.97 Å². The molecule has 0 amide bonds. The van der Waals surface area contributed by atoms with Gasteiger partial charge in [-0.2, -0.15) is 0 Å². The Kier molecular flexibility index (Phi) is 5.50. The molecule has 152 valence electrons. The Balaban J connectivity index is 1.30. The molecule has 3 aliphatic rings. The molecule has 1 saturated heterocycles. The van der Waals surface area contributed by atoms with Gasteiger partial charge in [0.05, 0.1) is 18.6 Å². The monoisotopic (exact) mass is 403 g/mol. The molecular weight excluding hydrogens is 374 g/mol. The summed E-state index contributed by atoms with van der Waals surface area (Å²) < 4.78 is 11.9. The van der Waals surface area contributed by atoms with Crippen LogP contribution >= 0.6 is 11.3 Å². The van der Waals surface area contributed by atoms with E-state index < -0.39 is 0 Å². The van der Waals surface area contributed by atoms with Crippen LogP contribution in [0.3, 0.4) is 0 Å². The molecular formula is C21H29N3O3S. The van der Waals surface area contributed by atoms with Crippen LogP contribution in [0.2, 0.25) is 0 Å². The third-order valence-electron chi connectivity index (χ3n) is 6.65. The Labute approximate surface area is 169 Å². The first kappa shape index (κ1) is 18.7. The Hall–Kier alpha value is -1.28. The summed E-state index contributed by atoms with van der Waals surface area (Å²) in [6.45, 7) is 4.12. The van der Waals surface area contributed by atoms with E-state index in [4.69, 9.17) is 9.47 Å². The van der Waals surface area contributed by atoms with Gasteiger partial charge in [0.15, 0.2) is 0 Å². The summed E-state index contributed by atoms with van der Waals surface area (Å²) >= 11 is 1.78. The lowest BCUT2D eigenvalue weighted by atomic mass is 9.88. The highest BCUT2D eigenvalue weighted by Crippen LogP contribution is 2.41. The predicted octanol–water partition coefficient (Wildman–Crippen LogP) is 2.81. The molecule has 28 heavy (non-hydrogen) atoms. The van der Waals surface area contributed by atoms with Gasteiger partial charge in [-0.05, 0) is 56.4 Å². The first-order chi connectivity index (χ1) is 13.8. The van der Waals surface area contributed by atoms with Crippen LogP contribution in [0.1, 0.15) is 42.5 Å². The van der Waals surface area contributed by atoms with Crippen LogP contribution in [-0.4, -0.2) is 65.0 Å². The van der Waals surface area contributed by atoms with Crippen LogP contribution in [-0.2, 0) is 17.6 Å². The van der Waals surface area contributed by atoms with Crippen LogP contribution in [0.5, 0.6) is 5.88 Å². The fourth-order valence-corrected chi connectivity index (χ4v) is 6.20. The van der Waals surface area contributed by atoms with E-state index in [0.717, 1.165) is 74.5 Å². The van der Waals surface area contributed by atoms with Crippen molar-refractivity contribution in [2.45, 2.75) is 57.1 Å². The minimum absolute atomic E-state index is 0.239. The van der Waals surface area contributed by atoms with Gasteiger partial charge in [-0.3, -0.25) is 4.90 Å². The lowest BCUT2D eigenvalue weighted by molar-refractivity contribution is -0.00126. The number of aliphatic hydroxyl groups is 1. The summed E-state index contributed by atoms with van der Waals surface area (Å²) in [5.74, 6) is 1.11. The molecule has 1 saturated carbocycles. The molecule has 2 aliphatic carbocycles. The highest BCUT2D eigenvalue weighted by Gasteiger charge is 2.30. The summed E-state index contributed by atoms with van der Waals surface area (Å²) in [6.07, 6.45) is 9.43. The first-order valence-electron chi connectivity index (χ1n) is 10.7. The van der Waals surface area contributed by atoms with Gasteiger partial charge in [0, 0.05) is 30.6 Å². The Morgan fingerprint density at radius 2 is 1.96 bits per heavy atom. The van der Waals surface area contributed by atoms with Crippen molar-refractivity contribution >= 4 is 21.6 Å². The van der Waals surface area contributed by atoms with E-state index in [2.05, 4.69) is 14.9 Å². The number of hydrogen-bond donors (Lipinski definition) is 1. The molecule has 0 unspecified atom stereocenters. The zero-order valence-corrected chi connectivity index (χ0v) is 17.1. The van der Waals surface area contributed by atoms with Gasteiger partial charge in [0.2, 0.25) is 5.88 Å². The van der Waals surface area contributed by atoms with Crippen LogP contribution in [0.15, 0.2) is 6.33 Å². The van der Waals surface area contributed by atoms with Crippen LogP contribution in [0.4, 0.5) is 0 Å². The Morgan fingerprint density at radius 1 is 1.14 bits per heavy atom. The summed E-state index contributed by atoms with van der Waals surface area (Å²) in [4.78, 5) is 14.1. The molecule has 2 fully saturated rings. The molecule has 0 spiro atoms. The average Bonchev–Trinajstić information content (AvgIpc) is 3.13. The minimum atomic E-state index is 0.239. The third-order valence-corrected chi connectivity index (χ3v) is 7.85. The smallest absolute Gasteiger partial charge is 0.225 e. The van der Waals surface area contributed by atoms with Gasteiger partial charge < -0.3 is 14.6 Å². The summed E-state index contributed by atoms with van der Waals surface area (Å²) in [7, 11) is 0. The van der Waals surface area contributed by atoms with Gasteiger partial charge in [-0.1, -0.05) is 0 Å². The first-order valence-corrected chi connectivity index (χ1v) is 11.5. The number of aromatic nitrogens is 2. The number of rotatable bonds is 4. The molecule has 1 N–H and O–H groups in total. The molecule has 6 nitrogen and oxygen atoms in total. The van der Waals surface area contributed by atoms with E-state index in [0.29, 0.717) is 12.0 Å². The Bertz CT molecular complexity index is 813. The van der Waals surface area contributed by atoms with Crippen molar-refractivity contribution < 1.29 is 14.6 Å². The number of ether oxygens (including phenoxy) is 2. The second-order valence-electron chi connectivity index (χ2n) is 8.35. The van der Waals surface area contributed by atoms with Crippen molar-refractivity contribution in [2.24, 2.45) is 5.92 Å². The minimum Gasteiger partial charge on any atom is -0.474 e. The highest BCUT2D eigenvalue weighted by atomic mass is 32.1. The number of aryl methyl sites for hydroxylation is 1. The quantitative estimate of drug-likeness (QED) is 0.847. The van der Waals surface area contributed by atoms with Crippen molar-refractivity contribution in [3.8, 4) is 5.88 Å². The van der Waals surface area contributed by atoms with Gasteiger partial charge in [0.25, 0.3) is 0 Å². The van der Waals surface area contributed by atoms with Crippen molar-refractivity contribution in [3.63, 3.8) is 0 Å². The summed E-state index contributed by atoms with van der Waals surface area (Å²) in [5.41, 5.74) is 1.32. The number of fused-ring (bicyclic) bond motifs is 3. The molecule has 0 radical (unpaired) electrons. The highest BCUT2D eigenvalue weighted by molar-refractivity contribution is 7.18. The lowest BCUT2D eigenvalue weighted by Crippen LogP contribution is -2.46. The van der Waals surface area contributed by atoms with Crippen molar-refractivity contribution in [3.05, 3.63) is 16.8 Å². The maximum Gasteiger partial charge on any atom is 0.225 e. The normalized spacial score (nSPS) is 29.0. The zero-order valence-electron chi connectivity index (χ0n) is 16.3. The maximum atomic E-state index is 9.62. The molecule has 3 heterocycles.